The second-order valence-electron chi connectivity index (χ2n) is 5.25. The SMILES string of the molecule is Fc1cncnc1N(Cc1ccc(C(F)(F)F)cc1)C1CC1. The molecule has 1 aliphatic carbocycles. The Morgan fingerprint density at radius 2 is 1.82 bits per heavy atom. The topological polar surface area (TPSA) is 29.0 Å². The highest BCUT2D eigenvalue weighted by Crippen LogP contribution is 2.34. The molecular formula is C15H13F4N3. The lowest BCUT2D eigenvalue weighted by atomic mass is 10.1. The summed E-state index contributed by atoms with van der Waals surface area (Å²) in [6, 6.07) is 5.08. The third-order valence-corrected chi connectivity index (χ3v) is 3.54. The molecule has 1 aromatic carbocycles. The van der Waals surface area contributed by atoms with Gasteiger partial charge in [0.15, 0.2) is 11.6 Å². The monoisotopic (exact) mass is 311 g/mol. The molecule has 0 amide bonds. The van der Waals surface area contributed by atoms with Crippen LogP contribution in [-0.2, 0) is 12.7 Å². The van der Waals surface area contributed by atoms with Crippen molar-refractivity contribution in [3.8, 4) is 0 Å². The molecule has 0 saturated heterocycles. The van der Waals surface area contributed by atoms with E-state index in [0.717, 1.165) is 31.2 Å². The van der Waals surface area contributed by atoms with Gasteiger partial charge in [-0.2, -0.15) is 13.2 Å². The molecule has 22 heavy (non-hydrogen) atoms. The molecular weight excluding hydrogens is 298 g/mol. The van der Waals surface area contributed by atoms with Crippen molar-refractivity contribution in [1.29, 1.82) is 0 Å². The molecule has 3 rings (SSSR count). The number of rotatable bonds is 4. The van der Waals surface area contributed by atoms with E-state index in [1.54, 1.807) is 4.90 Å². The number of hydrogen-bond donors (Lipinski definition) is 0. The van der Waals surface area contributed by atoms with Crippen LogP contribution in [0, 0.1) is 5.82 Å². The van der Waals surface area contributed by atoms with Crippen LogP contribution in [-0.4, -0.2) is 16.0 Å². The third kappa shape index (κ3) is 3.18. The maximum Gasteiger partial charge on any atom is 0.416 e. The minimum atomic E-state index is -4.35. The van der Waals surface area contributed by atoms with Crippen LogP contribution in [0.1, 0.15) is 24.0 Å². The van der Waals surface area contributed by atoms with E-state index in [4.69, 9.17) is 0 Å². The largest absolute Gasteiger partial charge is 0.416 e. The van der Waals surface area contributed by atoms with Crippen molar-refractivity contribution in [2.24, 2.45) is 0 Å². The molecule has 0 N–H and O–H groups in total. The van der Waals surface area contributed by atoms with Gasteiger partial charge >= 0.3 is 6.18 Å². The van der Waals surface area contributed by atoms with Crippen molar-refractivity contribution >= 4 is 5.82 Å². The zero-order chi connectivity index (χ0) is 15.7. The lowest BCUT2D eigenvalue weighted by molar-refractivity contribution is -0.137. The molecule has 0 unspecified atom stereocenters. The van der Waals surface area contributed by atoms with Crippen LogP contribution in [0.3, 0.4) is 0 Å². The number of nitrogens with zero attached hydrogens (tertiary/aromatic N) is 3. The fourth-order valence-electron chi connectivity index (χ4n) is 2.28. The van der Waals surface area contributed by atoms with E-state index < -0.39 is 17.6 Å². The van der Waals surface area contributed by atoms with Gasteiger partial charge in [0.25, 0.3) is 0 Å². The molecule has 1 fully saturated rings. The quantitative estimate of drug-likeness (QED) is 0.804. The van der Waals surface area contributed by atoms with Crippen LogP contribution in [0.4, 0.5) is 23.4 Å². The summed E-state index contributed by atoms with van der Waals surface area (Å²) in [5, 5.41) is 0. The minimum Gasteiger partial charge on any atom is -0.347 e. The lowest BCUT2D eigenvalue weighted by Crippen LogP contribution is -2.27. The molecule has 7 heteroatoms. The number of anilines is 1. The second kappa shape index (κ2) is 5.55. The molecule has 1 saturated carbocycles. The van der Waals surface area contributed by atoms with Gasteiger partial charge < -0.3 is 4.90 Å². The fourth-order valence-corrected chi connectivity index (χ4v) is 2.28. The summed E-state index contributed by atoms with van der Waals surface area (Å²) in [4.78, 5) is 9.34. The number of hydrogen-bond acceptors (Lipinski definition) is 3. The van der Waals surface area contributed by atoms with Gasteiger partial charge in [0.1, 0.15) is 6.33 Å². The molecule has 3 nitrogen and oxygen atoms in total. The molecule has 2 aromatic rings. The summed E-state index contributed by atoms with van der Waals surface area (Å²) in [6.07, 6.45) is -0.160. The van der Waals surface area contributed by atoms with E-state index in [1.807, 2.05) is 0 Å². The van der Waals surface area contributed by atoms with Crippen LogP contribution in [0.2, 0.25) is 0 Å². The summed E-state index contributed by atoms with van der Waals surface area (Å²) in [6.45, 7) is 0.316. The molecule has 116 valence electrons. The predicted molar refractivity (Wildman–Crippen MR) is 72.6 cm³/mol. The van der Waals surface area contributed by atoms with Crippen LogP contribution >= 0.6 is 0 Å². The lowest BCUT2D eigenvalue weighted by Gasteiger charge is -2.23. The average molecular weight is 311 g/mol. The van der Waals surface area contributed by atoms with E-state index in [0.29, 0.717) is 12.1 Å². The van der Waals surface area contributed by atoms with Gasteiger partial charge in [0.05, 0.1) is 11.8 Å². The summed E-state index contributed by atoms with van der Waals surface area (Å²) in [5.41, 5.74) is -0.0136. The standard InChI is InChI=1S/C15H13F4N3/c16-13-7-20-9-21-14(13)22(12-5-6-12)8-10-1-3-11(4-2-10)15(17,18)19/h1-4,7,9,12H,5-6,8H2. The van der Waals surface area contributed by atoms with Crippen molar-refractivity contribution in [1.82, 2.24) is 9.97 Å². The first-order valence-corrected chi connectivity index (χ1v) is 6.83. The Hall–Kier alpha value is -2.18. The van der Waals surface area contributed by atoms with Crippen molar-refractivity contribution in [3.63, 3.8) is 0 Å². The normalized spacial score (nSPS) is 14.9. The van der Waals surface area contributed by atoms with Gasteiger partial charge in [0, 0.05) is 12.6 Å². The molecule has 0 bridgehead atoms. The van der Waals surface area contributed by atoms with Gasteiger partial charge in [-0.25, -0.2) is 14.4 Å². The number of alkyl halides is 3. The summed E-state index contributed by atoms with van der Waals surface area (Å²) < 4.78 is 51.5. The van der Waals surface area contributed by atoms with Gasteiger partial charge in [-0.3, -0.25) is 0 Å². The Balaban J connectivity index is 1.82. The summed E-state index contributed by atoms with van der Waals surface area (Å²) in [5.74, 6) is -0.335. The van der Waals surface area contributed by atoms with Gasteiger partial charge in [-0.05, 0) is 30.5 Å². The Labute approximate surface area is 124 Å². The van der Waals surface area contributed by atoms with Crippen LogP contribution < -0.4 is 4.90 Å². The second-order valence-corrected chi connectivity index (χ2v) is 5.25. The van der Waals surface area contributed by atoms with E-state index in [9.17, 15) is 17.6 Å². The molecule has 0 spiro atoms. The third-order valence-electron chi connectivity index (χ3n) is 3.54. The van der Waals surface area contributed by atoms with Crippen molar-refractivity contribution in [3.05, 3.63) is 53.7 Å². The first-order valence-electron chi connectivity index (χ1n) is 6.83. The Bertz CT molecular complexity index is 651. The molecule has 0 atom stereocenters. The van der Waals surface area contributed by atoms with E-state index >= 15 is 0 Å². The average Bonchev–Trinajstić information content (AvgIpc) is 3.30. The molecule has 1 aliphatic rings. The van der Waals surface area contributed by atoms with E-state index in [-0.39, 0.29) is 11.9 Å². The van der Waals surface area contributed by atoms with Gasteiger partial charge in [-0.1, -0.05) is 12.1 Å². The number of aromatic nitrogens is 2. The van der Waals surface area contributed by atoms with E-state index in [1.165, 1.54) is 18.5 Å². The smallest absolute Gasteiger partial charge is 0.347 e. The highest BCUT2D eigenvalue weighted by atomic mass is 19.4. The fraction of sp³-hybridized carbons (Fsp3) is 0.333. The van der Waals surface area contributed by atoms with E-state index in [2.05, 4.69) is 9.97 Å². The summed E-state index contributed by atoms with van der Waals surface area (Å²) in [7, 11) is 0. The highest BCUT2D eigenvalue weighted by molar-refractivity contribution is 5.43. The predicted octanol–water partition coefficient (Wildman–Crippen LogP) is 3.80. The Morgan fingerprint density at radius 3 is 2.36 bits per heavy atom. The van der Waals surface area contributed by atoms with Gasteiger partial charge in [0.2, 0.25) is 0 Å². The maximum absolute atomic E-state index is 13.8. The molecule has 0 radical (unpaired) electrons. The number of halogens is 4. The van der Waals surface area contributed by atoms with Crippen molar-refractivity contribution in [2.45, 2.75) is 31.6 Å². The molecule has 1 aromatic heterocycles. The van der Waals surface area contributed by atoms with Crippen LogP contribution in [0.25, 0.3) is 0 Å². The first kappa shape index (κ1) is 14.7. The Morgan fingerprint density at radius 1 is 1.14 bits per heavy atom. The first-order chi connectivity index (χ1) is 10.4. The van der Waals surface area contributed by atoms with Crippen LogP contribution in [0.15, 0.2) is 36.8 Å². The highest BCUT2D eigenvalue weighted by Gasteiger charge is 2.32. The van der Waals surface area contributed by atoms with Crippen LogP contribution in [0.5, 0.6) is 0 Å². The summed E-state index contributed by atoms with van der Waals surface area (Å²) >= 11 is 0. The molecule has 1 heterocycles. The van der Waals surface area contributed by atoms with Crippen molar-refractivity contribution < 1.29 is 17.6 Å². The van der Waals surface area contributed by atoms with Gasteiger partial charge in [-0.15, -0.1) is 0 Å². The maximum atomic E-state index is 13.8. The number of benzene rings is 1. The zero-order valence-corrected chi connectivity index (χ0v) is 11.5. The molecule has 0 aliphatic heterocycles. The van der Waals surface area contributed by atoms with Crippen molar-refractivity contribution in [2.75, 3.05) is 4.90 Å². The minimum absolute atomic E-state index is 0.173. The zero-order valence-electron chi connectivity index (χ0n) is 11.5. The Kier molecular flexibility index (Phi) is 3.72.